The summed E-state index contributed by atoms with van der Waals surface area (Å²) in [7, 11) is 0. The second kappa shape index (κ2) is 8.68. The molecule has 0 saturated carbocycles. The summed E-state index contributed by atoms with van der Waals surface area (Å²) >= 11 is 0. The maximum Gasteiger partial charge on any atom is 0.309 e. The fraction of sp³-hybridized carbons (Fsp3) is 0.312. The molecule has 0 radical (unpaired) electrons. The average Bonchev–Trinajstić information content (AvgIpc) is 2.40. The topological polar surface area (TPSA) is 72.5 Å². The number of esters is 1. The normalized spacial score (nSPS) is 10.4. The van der Waals surface area contributed by atoms with Gasteiger partial charge in [0.2, 0.25) is 5.91 Å². The Morgan fingerprint density at radius 3 is 2.43 bits per heavy atom. The number of carbonyl (C=O) groups is 3. The summed E-state index contributed by atoms with van der Waals surface area (Å²) in [6.45, 7) is 3.51. The van der Waals surface area contributed by atoms with Crippen LogP contribution in [0.5, 0.6) is 0 Å². The van der Waals surface area contributed by atoms with Crippen molar-refractivity contribution in [3.63, 3.8) is 0 Å². The van der Waals surface area contributed by atoms with Gasteiger partial charge in [0.25, 0.3) is 0 Å². The highest BCUT2D eigenvalue weighted by Crippen LogP contribution is 2.11. The zero-order valence-corrected chi connectivity index (χ0v) is 12.2. The number of ether oxygens (including phenoxy) is 1. The van der Waals surface area contributed by atoms with E-state index in [9.17, 15) is 14.4 Å². The molecule has 112 valence electrons. The first-order valence-corrected chi connectivity index (χ1v) is 6.72. The van der Waals surface area contributed by atoms with Crippen LogP contribution in [0.2, 0.25) is 0 Å². The van der Waals surface area contributed by atoms with Gasteiger partial charge < -0.3 is 10.1 Å². The van der Waals surface area contributed by atoms with Crippen LogP contribution in [0.25, 0.3) is 6.08 Å². The minimum absolute atomic E-state index is 0.124. The van der Waals surface area contributed by atoms with Gasteiger partial charge in [0, 0.05) is 5.69 Å². The maximum absolute atomic E-state index is 11.4. The van der Waals surface area contributed by atoms with Crippen LogP contribution in [-0.2, 0) is 19.1 Å². The molecular weight excluding hydrogens is 270 g/mol. The van der Waals surface area contributed by atoms with Crippen molar-refractivity contribution in [3.05, 3.63) is 35.9 Å². The van der Waals surface area contributed by atoms with Gasteiger partial charge in [0.1, 0.15) is 5.78 Å². The lowest BCUT2D eigenvalue weighted by atomic mass is 10.2. The summed E-state index contributed by atoms with van der Waals surface area (Å²) < 4.78 is 4.81. The molecule has 0 spiro atoms. The maximum atomic E-state index is 11.4. The summed E-state index contributed by atoms with van der Waals surface area (Å²) in [5.41, 5.74) is 1.53. The fourth-order valence-corrected chi connectivity index (χ4v) is 1.62. The predicted octanol–water partition coefficient (Wildman–Crippen LogP) is 2.57. The highest BCUT2D eigenvalue weighted by Gasteiger charge is 2.04. The molecule has 5 heteroatoms. The number of amides is 1. The Labute approximate surface area is 124 Å². The number of hydrogen-bond donors (Lipinski definition) is 1. The van der Waals surface area contributed by atoms with Gasteiger partial charge in [-0.2, -0.15) is 0 Å². The smallest absolute Gasteiger partial charge is 0.309 e. The van der Waals surface area contributed by atoms with E-state index < -0.39 is 0 Å². The molecule has 0 aliphatic rings. The Morgan fingerprint density at radius 2 is 1.86 bits per heavy atom. The number of carbonyl (C=O) groups excluding carboxylic acids is 3. The average molecular weight is 289 g/mol. The lowest BCUT2D eigenvalue weighted by Gasteiger charge is -2.04. The van der Waals surface area contributed by atoms with Gasteiger partial charge in [0.15, 0.2) is 0 Å². The van der Waals surface area contributed by atoms with Gasteiger partial charge in [-0.15, -0.1) is 0 Å². The molecule has 5 nitrogen and oxygen atoms in total. The fourth-order valence-electron chi connectivity index (χ4n) is 1.62. The van der Waals surface area contributed by atoms with Crippen LogP contribution >= 0.6 is 0 Å². The molecule has 0 bridgehead atoms. The van der Waals surface area contributed by atoms with E-state index >= 15 is 0 Å². The molecule has 1 aromatic carbocycles. The van der Waals surface area contributed by atoms with Crippen LogP contribution < -0.4 is 5.32 Å². The van der Waals surface area contributed by atoms with Crippen molar-refractivity contribution >= 4 is 29.4 Å². The van der Waals surface area contributed by atoms with Crippen LogP contribution in [-0.4, -0.2) is 24.3 Å². The quantitative estimate of drug-likeness (QED) is 0.618. The van der Waals surface area contributed by atoms with Gasteiger partial charge in [0.05, 0.1) is 19.4 Å². The molecule has 1 N–H and O–H groups in total. The van der Waals surface area contributed by atoms with Gasteiger partial charge in [-0.3, -0.25) is 14.4 Å². The first kappa shape index (κ1) is 16.6. The van der Waals surface area contributed by atoms with Gasteiger partial charge in [-0.05, 0) is 31.5 Å². The highest BCUT2D eigenvalue weighted by atomic mass is 16.5. The number of nitrogens with one attached hydrogen (secondary N) is 1. The van der Waals surface area contributed by atoms with Gasteiger partial charge in [-0.25, -0.2) is 0 Å². The third-order valence-electron chi connectivity index (χ3n) is 2.50. The first-order chi connectivity index (χ1) is 10.0. The van der Waals surface area contributed by atoms with Crippen molar-refractivity contribution in [1.82, 2.24) is 0 Å². The Kier molecular flexibility index (Phi) is 6.87. The first-order valence-electron chi connectivity index (χ1n) is 6.72. The molecule has 0 aliphatic heterocycles. The molecule has 0 heterocycles. The van der Waals surface area contributed by atoms with Crippen LogP contribution in [0.1, 0.15) is 32.3 Å². The van der Waals surface area contributed by atoms with Crippen LogP contribution in [0, 0.1) is 0 Å². The van der Waals surface area contributed by atoms with Crippen LogP contribution in [0.4, 0.5) is 5.69 Å². The predicted molar refractivity (Wildman–Crippen MR) is 80.7 cm³/mol. The second-order valence-corrected chi connectivity index (χ2v) is 4.46. The Morgan fingerprint density at radius 1 is 1.19 bits per heavy atom. The van der Waals surface area contributed by atoms with Gasteiger partial charge in [-0.1, -0.05) is 24.3 Å². The number of benzene rings is 1. The van der Waals surface area contributed by atoms with E-state index in [1.165, 1.54) is 6.92 Å². The lowest BCUT2D eigenvalue weighted by molar-refractivity contribution is -0.142. The van der Waals surface area contributed by atoms with Crippen LogP contribution in [0.3, 0.4) is 0 Å². The molecule has 0 fully saturated rings. The standard InChI is InChI=1S/C16H19NO4/c1-3-21-16(20)6-4-5-13-7-9-14(10-8-13)17-15(19)11-12(2)18/h4-5,7-10H,3,6,11H2,1-2H3,(H,17,19). The van der Waals surface area contributed by atoms with Crippen molar-refractivity contribution in [3.8, 4) is 0 Å². The van der Waals surface area contributed by atoms with E-state index in [4.69, 9.17) is 4.74 Å². The van der Waals surface area contributed by atoms with E-state index in [1.807, 2.05) is 12.1 Å². The number of Topliss-reactive ketones (excluding diaryl/α,β-unsaturated/α-hetero) is 1. The number of ketones is 1. The Balaban J connectivity index is 2.50. The minimum Gasteiger partial charge on any atom is -0.466 e. The van der Waals surface area contributed by atoms with E-state index in [1.54, 1.807) is 31.2 Å². The van der Waals surface area contributed by atoms with Crippen molar-refractivity contribution in [2.45, 2.75) is 26.7 Å². The van der Waals surface area contributed by atoms with E-state index in [0.29, 0.717) is 12.3 Å². The zero-order chi connectivity index (χ0) is 15.7. The van der Waals surface area contributed by atoms with Crippen molar-refractivity contribution in [2.24, 2.45) is 0 Å². The molecular formula is C16H19NO4. The summed E-state index contributed by atoms with van der Waals surface area (Å²) in [5.74, 6) is -0.763. The molecule has 1 rings (SSSR count). The third-order valence-corrected chi connectivity index (χ3v) is 2.50. The Bertz CT molecular complexity index is 532. The van der Waals surface area contributed by atoms with Crippen molar-refractivity contribution in [2.75, 3.05) is 11.9 Å². The molecule has 0 unspecified atom stereocenters. The summed E-state index contributed by atoms with van der Waals surface area (Å²) in [4.78, 5) is 33.4. The minimum atomic E-state index is -0.326. The largest absolute Gasteiger partial charge is 0.466 e. The highest BCUT2D eigenvalue weighted by molar-refractivity contribution is 6.03. The summed E-state index contributed by atoms with van der Waals surface area (Å²) in [6, 6.07) is 7.10. The zero-order valence-electron chi connectivity index (χ0n) is 12.2. The molecule has 1 amide bonds. The molecule has 0 aromatic heterocycles. The van der Waals surface area contributed by atoms with Gasteiger partial charge >= 0.3 is 5.97 Å². The molecule has 0 saturated heterocycles. The van der Waals surface area contributed by atoms with Crippen molar-refractivity contribution in [1.29, 1.82) is 0 Å². The molecule has 21 heavy (non-hydrogen) atoms. The SMILES string of the molecule is CCOC(=O)CC=Cc1ccc(NC(=O)CC(C)=O)cc1. The van der Waals surface area contributed by atoms with Crippen LogP contribution in [0.15, 0.2) is 30.3 Å². The van der Waals surface area contributed by atoms with Crippen molar-refractivity contribution < 1.29 is 19.1 Å². The number of rotatable bonds is 7. The van der Waals surface area contributed by atoms with E-state index in [-0.39, 0.29) is 30.5 Å². The number of hydrogen-bond acceptors (Lipinski definition) is 4. The monoisotopic (exact) mass is 289 g/mol. The summed E-state index contributed by atoms with van der Waals surface area (Å²) in [5, 5.41) is 2.63. The second-order valence-electron chi connectivity index (χ2n) is 4.46. The Hall–Kier alpha value is -2.43. The number of anilines is 1. The molecule has 0 atom stereocenters. The summed E-state index contributed by atoms with van der Waals surface area (Å²) in [6.07, 6.45) is 3.63. The molecule has 0 aliphatic carbocycles. The van der Waals surface area contributed by atoms with E-state index in [2.05, 4.69) is 5.32 Å². The van der Waals surface area contributed by atoms with E-state index in [0.717, 1.165) is 5.56 Å². The lowest BCUT2D eigenvalue weighted by Crippen LogP contribution is -2.14. The third kappa shape index (κ3) is 7.06. The molecule has 1 aromatic rings.